The lowest BCUT2D eigenvalue weighted by Gasteiger charge is -2.32. The number of benzene rings is 2. The lowest BCUT2D eigenvalue weighted by atomic mass is 10.0. The van der Waals surface area contributed by atoms with Crippen molar-refractivity contribution in [1.29, 1.82) is 0 Å². The molecule has 1 aliphatic rings. The van der Waals surface area contributed by atoms with E-state index in [9.17, 15) is 4.79 Å². The zero-order valence-electron chi connectivity index (χ0n) is 14.6. The van der Waals surface area contributed by atoms with Crippen molar-refractivity contribution in [3.63, 3.8) is 0 Å². The Bertz CT molecular complexity index is 682. The summed E-state index contributed by atoms with van der Waals surface area (Å²) >= 11 is 0. The van der Waals surface area contributed by atoms with Crippen LogP contribution in [0.4, 0.5) is 10.5 Å². The quantitative estimate of drug-likeness (QED) is 0.877. The Morgan fingerprint density at radius 2 is 1.76 bits per heavy atom. The van der Waals surface area contributed by atoms with Crippen LogP contribution in [0.25, 0.3) is 0 Å². The van der Waals surface area contributed by atoms with Crippen molar-refractivity contribution in [2.24, 2.45) is 0 Å². The van der Waals surface area contributed by atoms with Gasteiger partial charge in [0.1, 0.15) is 5.75 Å². The standard InChI is InChI=1S/C20H25N3O2/c1-25-19-10-6-5-9-18(19)22-20(24)21-17-11-13-23(14-12-17)15-16-7-3-2-4-8-16/h2-10,17H,11-15H2,1H3,(H2,21,22,24). The van der Waals surface area contributed by atoms with Gasteiger partial charge in [-0.2, -0.15) is 0 Å². The maximum Gasteiger partial charge on any atom is 0.319 e. The number of hydrogen-bond donors (Lipinski definition) is 2. The second-order valence-corrected chi connectivity index (χ2v) is 6.33. The number of nitrogens with zero attached hydrogens (tertiary/aromatic N) is 1. The molecule has 0 radical (unpaired) electrons. The summed E-state index contributed by atoms with van der Waals surface area (Å²) in [5.74, 6) is 0.662. The summed E-state index contributed by atoms with van der Waals surface area (Å²) in [5.41, 5.74) is 2.02. The summed E-state index contributed by atoms with van der Waals surface area (Å²) in [4.78, 5) is 14.7. The molecule has 1 fully saturated rings. The molecular weight excluding hydrogens is 314 g/mol. The monoisotopic (exact) mass is 339 g/mol. The number of rotatable bonds is 5. The van der Waals surface area contributed by atoms with Gasteiger partial charge < -0.3 is 15.4 Å². The first-order chi connectivity index (χ1) is 12.2. The molecule has 0 atom stereocenters. The van der Waals surface area contributed by atoms with E-state index in [1.165, 1.54) is 5.56 Å². The minimum Gasteiger partial charge on any atom is -0.495 e. The average Bonchev–Trinajstić information content (AvgIpc) is 2.64. The number of amides is 2. The molecule has 25 heavy (non-hydrogen) atoms. The first kappa shape index (κ1) is 17.3. The van der Waals surface area contributed by atoms with Crippen molar-refractivity contribution in [2.75, 3.05) is 25.5 Å². The molecule has 132 valence electrons. The molecule has 0 saturated carbocycles. The van der Waals surface area contributed by atoms with Gasteiger partial charge in [0, 0.05) is 25.7 Å². The van der Waals surface area contributed by atoms with Gasteiger partial charge in [0.25, 0.3) is 0 Å². The van der Waals surface area contributed by atoms with Crippen molar-refractivity contribution < 1.29 is 9.53 Å². The largest absolute Gasteiger partial charge is 0.495 e. The minimum atomic E-state index is -0.175. The smallest absolute Gasteiger partial charge is 0.319 e. The maximum atomic E-state index is 12.2. The number of ether oxygens (including phenoxy) is 1. The van der Waals surface area contributed by atoms with Crippen LogP contribution in [-0.2, 0) is 6.54 Å². The van der Waals surface area contributed by atoms with E-state index < -0.39 is 0 Å². The van der Waals surface area contributed by atoms with E-state index >= 15 is 0 Å². The summed E-state index contributed by atoms with van der Waals surface area (Å²) in [6, 6.07) is 18.0. The lowest BCUT2D eigenvalue weighted by molar-refractivity contribution is 0.190. The van der Waals surface area contributed by atoms with Crippen LogP contribution in [-0.4, -0.2) is 37.2 Å². The molecule has 1 heterocycles. The van der Waals surface area contributed by atoms with Crippen LogP contribution < -0.4 is 15.4 Å². The van der Waals surface area contributed by atoms with Crippen molar-refractivity contribution >= 4 is 11.7 Å². The second-order valence-electron chi connectivity index (χ2n) is 6.33. The van der Waals surface area contributed by atoms with E-state index in [0.717, 1.165) is 32.5 Å². The Kier molecular flexibility index (Phi) is 5.90. The highest BCUT2D eigenvalue weighted by atomic mass is 16.5. The lowest BCUT2D eigenvalue weighted by Crippen LogP contribution is -2.45. The molecule has 2 amide bonds. The number of piperidine rings is 1. The first-order valence-electron chi connectivity index (χ1n) is 8.71. The van der Waals surface area contributed by atoms with Crippen LogP contribution in [0, 0.1) is 0 Å². The zero-order chi connectivity index (χ0) is 17.5. The SMILES string of the molecule is COc1ccccc1NC(=O)NC1CCN(Cc2ccccc2)CC1. The summed E-state index contributed by atoms with van der Waals surface area (Å²) < 4.78 is 5.26. The van der Waals surface area contributed by atoms with Crippen molar-refractivity contribution in [3.05, 3.63) is 60.2 Å². The number of para-hydroxylation sites is 2. The average molecular weight is 339 g/mol. The molecule has 3 rings (SSSR count). The molecule has 0 bridgehead atoms. The maximum absolute atomic E-state index is 12.2. The van der Waals surface area contributed by atoms with Gasteiger partial charge in [0.15, 0.2) is 0 Å². The fourth-order valence-electron chi connectivity index (χ4n) is 3.17. The Balaban J connectivity index is 1.45. The first-order valence-corrected chi connectivity index (χ1v) is 8.71. The summed E-state index contributed by atoms with van der Waals surface area (Å²) in [6.07, 6.45) is 1.93. The Labute approximate surface area is 149 Å². The van der Waals surface area contributed by atoms with E-state index in [0.29, 0.717) is 11.4 Å². The van der Waals surface area contributed by atoms with Gasteiger partial charge in [-0.1, -0.05) is 42.5 Å². The van der Waals surface area contributed by atoms with Gasteiger partial charge in [-0.15, -0.1) is 0 Å². The molecular formula is C20H25N3O2. The van der Waals surface area contributed by atoms with Gasteiger partial charge >= 0.3 is 6.03 Å². The highest BCUT2D eigenvalue weighted by Gasteiger charge is 2.21. The van der Waals surface area contributed by atoms with E-state index in [-0.39, 0.29) is 12.1 Å². The topological polar surface area (TPSA) is 53.6 Å². The molecule has 5 nitrogen and oxygen atoms in total. The second kappa shape index (κ2) is 8.53. The normalized spacial score (nSPS) is 15.6. The third-order valence-corrected chi connectivity index (χ3v) is 4.53. The fraction of sp³-hybridized carbons (Fsp3) is 0.350. The van der Waals surface area contributed by atoms with E-state index in [1.807, 2.05) is 30.3 Å². The molecule has 0 aliphatic carbocycles. The zero-order valence-corrected chi connectivity index (χ0v) is 14.6. The van der Waals surface area contributed by atoms with Gasteiger partial charge in [-0.3, -0.25) is 4.90 Å². The number of likely N-dealkylation sites (tertiary alicyclic amines) is 1. The molecule has 1 aliphatic heterocycles. The predicted octanol–water partition coefficient (Wildman–Crippen LogP) is 3.48. The number of carbonyl (C=O) groups is 1. The van der Waals surface area contributed by atoms with E-state index in [2.05, 4.69) is 39.8 Å². The summed E-state index contributed by atoms with van der Waals surface area (Å²) in [6.45, 7) is 2.96. The highest BCUT2D eigenvalue weighted by molar-refractivity contribution is 5.91. The molecule has 0 unspecified atom stereocenters. The fourth-order valence-corrected chi connectivity index (χ4v) is 3.17. The van der Waals surface area contributed by atoms with Crippen molar-refractivity contribution in [2.45, 2.75) is 25.4 Å². The Morgan fingerprint density at radius 3 is 2.48 bits per heavy atom. The van der Waals surface area contributed by atoms with E-state index in [4.69, 9.17) is 4.74 Å². The van der Waals surface area contributed by atoms with Crippen LogP contribution in [0.3, 0.4) is 0 Å². The molecule has 5 heteroatoms. The molecule has 0 spiro atoms. The number of nitrogens with one attached hydrogen (secondary N) is 2. The molecule has 2 N–H and O–H groups in total. The summed E-state index contributed by atoms with van der Waals surface area (Å²) in [5, 5.41) is 5.94. The van der Waals surface area contributed by atoms with Crippen LogP contribution in [0.15, 0.2) is 54.6 Å². The number of anilines is 1. The molecule has 0 aromatic heterocycles. The third kappa shape index (κ3) is 4.97. The number of methoxy groups -OCH3 is 1. The van der Waals surface area contributed by atoms with Crippen molar-refractivity contribution in [3.8, 4) is 5.75 Å². The Morgan fingerprint density at radius 1 is 1.08 bits per heavy atom. The molecule has 2 aromatic carbocycles. The molecule has 2 aromatic rings. The van der Waals surface area contributed by atoms with Gasteiger partial charge in [-0.25, -0.2) is 4.79 Å². The number of carbonyl (C=O) groups excluding carboxylic acids is 1. The van der Waals surface area contributed by atoms with Crippen LogP contribution in [0.1, 0.15) is 18.4 Å². The van der Waals surface area contributed by atoms with E-state index in [1.54, 1.807) is 7.11 Å². The van der Waals surface area contributed by atoms with Crippen LogP contribution in [0.2, 0.25) is 0 Å². The number of hydrogen-bond acceptors (Lipinski definition) is 3. The minimum absolute atomic E-state index is 0.175. The van der Waals surface area contributed by atoms with Gasteiger partial charge in [0.2, 0.25) is 0 Å². The van der Waals surface area contributed by atoms with Gasteiger partial charge in [0.05, 0.1) is 12.8 Å². The van der Waals surface area contributed by atoms with Crippen LogP contribution in [0.5, 0.6) is 5.75 Å². The predicted molar refractivity (Wildman–Crippen MR) is 99.9 cm³/mol. The highest BCUT2D eigenvalue weighted by Crippen LogP contribution is 2.23. The Hall–Kier alpha value is -2.53. The number of urea groups is 1. The van der Waals surface area contributed by atoms with Crippen LogP contribution >= 0.6 is 0 Å². The molecule has 1 saturated heterocycles. The third-order valence-electron chi connectivity index (χ3n) is 4.53. The van der Waals surface area contributed by atoms with Gasteiger partial charge in [-0.05, 0) is 30.5 Å². The summed E-state index contributed by atoms with van der Waals surface area (Å²) in [7, 11) is 1.60. The van der Waals surface area contributed by atoms with Crippen molar-refractivity contribution in [1.82, 2.24) is 10.2 Å².